The van der Waals surface area contributed by atoms with Crippen LogP contribution < -0.4 is 5.73 Å². The van der Waals surface area contributed by atoms with Gasteiger partial charge in [0.05, 0.1) is 6.54 Å². The van der Waals surface area contributed by atoms with Gasteiger partial charge in [-0.3, -0.25) is 9.69 Å². The van der Waals surface area contributed by atoms with E-state index in [9.17, 15) is 4.79 Å². The van der Waals surface area contributed by atoms with Crippen molar-refractivity contribution in [2.24, 2.45) is 11.1 Å². The minimum atomic E-state index is 0. The van der Waals surface area contributed by atoms with Crippen LogP contribution in [0.5, 0.6) is 0 Å². The van der Waals surface area contributed by atoms with Gasteiger partial charge < -0.3 is 10.6 Å². The Morgan fingerprint density at radius 1 is 1.42 bits per heavy atom. The molecule has 0 radical (unpaired) electrons. The Labute approximate surface area is 129 Å². The maximum absolute atomic E-state index is 12.1. The quantitative estimate of drug-likeness (QED) is 0.860. The molecule has 19 heavy (non-hydrogen) atoms. The van der Waals surface area contributed by atoms with Crippen LogP contribution in [0.2, 0.25) is 0 Å². The van der Waals surface area contributed by atoms with E-state index < -0.39 is 0 Å². The molecular formula is C13H29Cl2N3O. The van der Waals surface area contributed by atoms with Crippen molar-refractivity contribution >= 4 is 30.7 Å². The van der Waals surface area contributed by atoms with Crippen LogP contribution in [0.1, 0.15) is 33.6 Å². The van der Waals surface area contributed by atoms with Gasteiger partial charge in [0.2, 0.25) is 5.91 Å². The second kappa shape index (κ2) is 9.01. The highest BCUT2D eigenvalue weighted by Crippen LogP contribution is 2.27. The van der Waals surface area contributed by atoms with Crippen molar-refractivity contribution in [3.8, 4) is 0 Å². The standard InChI is InChI=1S/C13H27N3O.2ClH/c1-5-7-15(4)9-12(17)16-8-6-11(14)13(2,3)10-16;;/h11H,5-10,14H2,1-4H3;2*1H. The van der Waals surface area contributed by atoms with Gasteiger partial charge in [-0.05, 0) is 31.8 Å². The molecule has 1 amide bonds. The molecule has 1 heterocycles. The predicted octanol–water partition coefficient (Wildman–Crippen LogP) is 1.76. The van der Waals surface area contributed by atoms with Crippen molar-refractivity contribution in [2.75, 3.05) is 33.2 Å². The Morgan fingerprint density at radius 3 is 2.47 bits per heavy atom. The number of amides is 1. The maximum Gasteiger partial charge on any atom is 0.236 e. The molecule has 1 aliphatic rings. The first-order chi connectivity index (χ1) is 7.86. The van der Waals surface area contributed by atoms with Gasteiger partial charge in [0.25, 0.3) is 0 Å². The van der Waals surface area contributed by atoms with E-state index in [1.165, 1.54) is 0 Å². The molecular weight excluding hydrogens is 285 g/mol. The third kappa shape index (κ3) is 6.30. The summed E-state index contributed by atoms with van der Waals surface area (Å²) >= 11 is 0. The van der Waals surface area contributed by atoms with Crippen LogP contribution >= 0.6 is 24.8 Å². The van der Waals surface area contributed by atoms with E-state index in [1.807, 2.05) is 11.9 Å². The van der Waals surface area contributed by atoms with E-state index in [1.54, 1.807) is 0 Å². The number of likely N-dealkylation sites (tertiary alicyclic amines) is 1. The zero-order valence-electron chi connectivity index (χ0n) is 12.5. The normalized spacial score (nSPS) is 21.6. The summed E-state index contributed by atoms with van der Waals surface area (Å²) in [6.07, 6.45) is 2.00. The molecule has 0 saturated carbocycles. The summed E-state index contributed by atoms with van der Waals surface area (Å²) in [6.45, 7) is 9.52. The molecule has 1 saturated heterocycles. The highest BCUT2D eigenvalue weighted by atomic mass is 35.5. The van der Waals surface area contributed by atoms with Crippen LogP contribution in [0, 0.1) is 5.41 Å². The van der Waals surface area contributed by atoms with Crippen molar-refractivity contribution in [3.05, 3.63) is 0 Å². The minimum absolute atomic E-state index is 0. The third-order valence-corrected chi connectivity index (χ3v) is 3.68. The predicted molar refractivity (Wildman–Crippen MR) is 85.2 cm³/mol. The fourth-order valence-corrected chi connectivity index (χ4v) is 2.38. The average molecular weight is 314 g/mol. The zero-order chi connectivity index (χ0) is 13.1. The van der Waals surface area contributed by atoms with Gasteiger partial charge in [0.15, 0.2) is 0 Å². The molecule has 1 unspecified atom stereocenters. The zero-order valence-corrected chi connectivity index (χ0v) is 14.1. The van der Waals surface area contributed by atoms with E-state index in [-0.39, 0.29) is 42.2 Å². The Morgan fingerprint density at radius 2 is 2.00 bits per heavy atom. The van der Waals surface area contributed by atoms with Crippen LogP contribution in [0.3, 0.4) is 0 Å². The second-order valence-electron chi connectivity index (χ2n) is 5.94. The van der Waals surface area contributed by atoms with Crippen LogP contribution in [0.15, 0.2) is 0 Å². The van der Waals surface area contributed by atoms with Crippen molar-refractivity contribution < 1.29 is 4.79 Å². The van der Waals surface area contributed by atoms with Gasteiger partial charge in [0, 0.05) is 19.1 Å². The first-order valence-corrected chi connectivity index (χ1v) is 6.58. The summed E-state index contributed by atoms with van der Waals surface area (Å²) < 4.78 is 0. The van der Waals surface area contributed by atoms with Crippen LogP contribution in [0.25, 0.3) is 0 Å². The first kappa shape index (κ1) is 21.3. The molecule has 0 aromatic carbocycles. The number of carbonyl (C=O) groups excluding carboxylic acids is 1. The molecule has 1 rings (SSSR count). The molecule has 6 heteroatoms. The molecule has 0 aromatic rings. The Kier molecular flexibility index (Phi) is 10.1. The lowest BCUT2D eigenvalue weighted by molar-refractivity contribution is -0.135. The van der Waals surface area contributed by atoms with Gasteiger partial charge in [-0.25, -0.2) is 0 Å². The largest absolute Gasteiger partial charge is 0.341 e. The monoisotopic (exact) mass is 313 g/mol. The van der Waals surface area contributed by atoms with E-state index >= 15 is 0 Å². The summed E-state index contributed by atoms with van der Waals surface area (Å²) in [4.78, 5) is 16.2. The minimum Gasteiger partial charge on any atom is -0.341 e. The lowest BCUT2D eigenvalue weighted by atomic mass is 9.79. The Hall–Kier alpha value is -0.0300. The third-order valence-electron chi connectivity index (χ3n) is 3.68. The van der Waals surface area contributed by atoms with Gasteiger partial charge in [0.1, 0.15) is 0 Å². The van der Waals surface area contributed by atoms with Crippen molar-refractivity contribution in [1.29, 1.82) is 0 Å². The number of nitrogens with two attached hydrogens (primary N) is 1. The number of hydrogen-bond donors (Lipinski definition) is 1. The number of carbonyl (C=O) groups is 1. The number of halogens is 2. The van der Waals surface area contributed by atoms with Crippen molar-refractivity contribution in [3.63, 3.8) is 0 Å². The molecule has 116 valence electrons. The Balaban J connectivity index is 0. The lowest BCUT2D eigenvalue weighted by Gasteiger charge is -2.43. The van der Waals surface area contributed by atoms with Crippen molar-refractivity contribution in [2.45, 2.75) is 39.7 Å². The molecule has 1 aliphatic heterocycles. The SMILES string of the molecule is CCCN(C)CC(=O)N1CCC(N)C(C)(C)C1.Cl.Cl. The van der Waals surface area contributed by atoms with Gasteiger partial charge in [-0.2, -0.15) is 0 Å². The molecule has 2 N–H and O–H groups in total. The lowest BCUT2D eigenvalue weighted by Crippen LogP contribution is -2.55. The number of hydrogen-bond acceptors (Lipinski definition) is 3. The van der Waals surface area contributed by atoms with E-state index in [0.29, 0.717) is 6.54 Å². The topological polar surface area (TPSA) is 49.6 Å². The summed E-state index contributed by atoms with van der Waals surface area (Å²) in [6, 6.07) is 0.208. The highest BCUT2D eigenvalue weighted by Gasteiger charge is 2.35. The van der Waals surface area contributed by atoms with E-state index in [4.69, 9.17) is 5.73 Å². The first-order valence-electron chi connectivity index (χ1n) is 6.58. The highest BCUT2D eigenvalue weighted by molar-refractivity contribution is 5.85. The van der Waals surface area contributed by atoms with Crippen LogP contribution in [-0.2, 0) is 4.79 Å². The average Bonchev–Trinajstić information content (AvgIpc) is 2.22. The van der Waals surface area contributed by atoms with Gasteiger partial charge >= 0.3 is 0 Å². The maximum atomic E-state index is 12.1. The number of nitrogens with zero attached hydrogens (tertiary/aromatic N) is 2. The second-order valence-corrected chi connectivity index (χ2v) is 5.94. The van der Waals surface area contributed by atoms with Gasteiger partial charge in [-0.1, -0.05) is 20.8 Å². The van der Waals surface area contributed by atoms with Crippen LogP contribution in [-0.4, -0.2) is 55.0 Å². The smallest absolute Gasteiger partial charge is 0.236 e. The van der Waals surface area contributed by atoms with Crippen LogP contribution in [0.4, 0.5) is 0 Å². The van der Waals surface area contributed by atoms with E-state index in [0.717, 1.165) is 32.5 Å². The van der Waals surface area contributed by atoms with Gasteiger partial charge in [-0.15, -0.1) is 24.8 Å². The number of likely N-dealkylation sites (N-methyl/N-ethyl adjacent to an activating group) is 1. The summed E-state index contributed by atoms with van der Waals surface area (Å²) in [7, 11) is 2.00. The Bertz CT molecular complexity index is 275. The molecule has 4 nitrogen and oxygen atoms in total. The molecule has 0 spiro atoms. The molecule has 1 atom stereocenters. The van der Waals surface area contributed by atoms with E-state index in [2.05, 4.69) is 25.7 Å². The number of piperidine rings is 1. The molecule has 0 bridgehead atoms. The number of rotatable bonds is 4. The summed E-state index contributed by atoms with van der Waals surface area (Å²) in [5, 5.41) is 0. The molecule has 0 aliphatic carbocycles. The fourth-order valence-electron chi connectivity index (χ4n) is 2.38. The molecule has 0 aromatic heterocycles. The fraction of sp³-hybridized carbons (Fsp3) is 0.923. The van der Waals surface area contributed by atoms with Crippen molar-refractivity contribution in [1.82, 2.24) is 9.80 Å². The summed E-state index contributed by atoms with van der Waals surface area (Å²) in [5.41, 5.74) is 6.11. The summed E-state index contributed by atoms with van der Waals surface area (Å²) in [5.74, 6) is 0.237. The molecule has 1 fully saturated rings.